The second-order valence-corrected chi connectivity index (χ2v) is 13.2. The number of hydrogen-bond donors (Lipinski definition) is 1. The van der Waals surface area contributed by atoms with Gasteiger partial charge in [0.25, 0.3) is 5.91 Å². The molecule has 1 aliphatic heterocycles. The van der Waals surface area contributed by atoms with E-state index in [9.17, 15) is 14.7 Å². The van der Waals surface area contributed by atoms with Gasteiger partial charge in [0.2, 0.25) is 5.13 Å². The molecule has 1 aliphatic rings. The van der Waals surface area contributed by atoms with Gasteiger partial charge in [-0.15, -0.1) is 10.2 Å². The molecule has 5 aromatic rings. The summed E-state index contributed by atoms with van der Waals surface area (Å²) in [6.07, 6.45) is 3.01. The smallest absolute Gasteiger partial charge is 0.296 e. The van der Waals surface area contributed by atoms with Crippen LogP contribution in [0, 0.1) is 0 Å². The number of carbonyl (C=O) groups is 2. The molecule has 0 fully saturated rings. The van der Waals surface area contributed by atoms with Crippen LogP contribution < -0.4 is 9.64 Å². The Morgan fingerprint density at radius 3 is 2.48 bits per heavy atom. The summed E-state index contributed by atoms with van der Waals surface area (Å²) in [5.74, 6) is -0.846. The quantitative estimate of drug-likeness (QED) is 0.0843. The Bertz CT molecular complexity index is 1950. The fraction of sp³-hybridized carbons (Fsp3) is 0.0857. The minimum absolute atomic E-state index is 0.0604. The number of hydrogen-bond acceptors (Lipinski definition) is 8. The van der Waals surface area contributed by atoms with Gasteiger partial charge in [0.1, 0.15) is 12.4 Å². The minimum Gasteiger partial charge on any atom is -0.503 e. The topological polar surface area (TPSA) is 92.6 Å². The first-order valence-corrected chi connectivity index (χ1v) is 16.6. The second kappa shape index (κ2) is 14.3. The molecule has 0 radical (unpaired) electrons. The number of benzene rings is 4. The monoisotopic (exact) mass is 685 g/mol. The Morgan fingerprint density at radius 1 is 0.957 bits per heavy atom. The number of ether oxygens (including phenoxy) is 1. The van der Waals surface area contributed by atoms with Crippen molar-refractivity contribution in [2.75, 3.05) is 4.90 Å². The molecule has 2 heterocycles. The fourth-order valence-corrected chi connectivity index (χ4v) is 7.27. The van der Waals surface area contributed by atoms with Crippen molar-refractivity contribution >= 4 is 69.2 Å². The summed E-state index contributed by atoms with van der Waals surface area (Å²) in [6.45, 7) is 0.332. The van der Waals surface area contributed by atoms with Crippen molar-refractivity contribution in [2.24, 2.45) is 0 Å². The summed E-state index contributed by atoms with van der Waals surface area (Å²) in [4.78, 5) is 28.6. The molecule has 0 bridgehead atoms. The summed E-state index contributed by atoms with van der Waals surface area (Å²) in [5.41, 5.74) is 3.17. The maximum Gasteiger partial charge on any atom is 0.296 e. The molecule has 1 atom stereocenters. The van der Waals surface area contributed by atoms with E-state index in [0.717, 1.165) is 16.7 Å². The molecular formula is C35H25Cl2N3O4S2. The van der Waals surface area contributed by atoms with Crippen molar-refractivity contribution < 1.29 is 19.4 Å². The Morgan fingerprint density at radius 2 is 1.72 bits per heavy atom. The average Bonchev–Trinajstić information content (AvgIpc) is 3.65. The number of allylic oxidation sites excluding steroid dienone is 1. The largest absolute Gasteiger partial charge is 0.503 e. The lowest BCUT2D eigenvalue weighted by Gasteiger charge is -2.24. The number of halogens is 2. The number of anilines is 1. The van der Waals surface area contributed by atoms with Gasteiger partial charge in [0.15, 0.2) is 15.9 Å². The van der Waals surface area contributed by atoms with Crippen LogP contribution >= 0.6 is 46.3 Å². The number of nitrogens with zero attached hydrogens (tertiary/aromatic N) is 3. The zero-order chi connectivity index (χ0) is 32.0. The summed E-state index contributed by atoms with van der Waals surface area (Å²) in [5, 5.41) is 21.0. The van der Waals surface area contributed by atoms with E-state index in [4.69, 9.17) is 27.9 Å². The summed E-state index contributed by atoms with van der Waals surface area (Å²) in [7, 11) is 0. The van der Waals surface area contributed by atoms with Crippen LogP contribution in [-0.4, -0.2) is 27.0 Å². The number of rotatable bonds is 11. The van der Waals surface area contributed by atoms with Crippen LogP contribution in [0.25, 0.3) is 6.08 Å². The van der Waals surface area contributed by atoms with Gasteiger partial charge < -0.3 is 9.84 Å². The number of aromatic nitrogens is 2. The normalized spacial score (nSPS) is 14.8. The molecule has 7 nitrogen and oxygen atoms in total. The second-order valence-electron chi connectivity index (χ2n) is 10.2. The van der Waals surface area contributed by atoms with Crippen LogP contribution in [0.2, 0.25) is 10.0 Å². The van der Waals surface area contributed by atoms with E-state index in [1.54, 1.807) is 42.5 Å². The molecule has 0 spiro atoms. The standard InChI is InChI=1S/C35H25Cl2N3O4S2/c36-26-16-15-25(28(37)19-26)21-45-35-39-38-34(46-35)40-31(24-12-7-13-27(18-24)44-20-23-10-5-2-6-11-23)30(32(42)33(40)43)29(41)17-14-22-8-3-1-4-9-22/h1-19,31,42H,20-21H2/b17-14+. The molecule has 0 saturated carbocycles. The van der Waals surface area contributed by atoms with Crippen LogP contribution in [0.15, 0.2) is 125 Å². The van der Waals surface area contributed by atoms with E-state index in [1.807, 2.05) is 66.7 Å². The van der Waals surface area contributed by atoms with Gasteiger partial charge in [-0.2, -0.15) is 0 Å². The van der Waals surface area contributed by atoms with Crippen LogP contribution in [0.3, 0.4) is 0 Å². The van der Waals surface area contributed by atoms with E-state index in [2.05, 4.69) is 10.2 Å². The molecule has 11 heteroatoms. The van der Waals surface area contributed by atoms with Crippen molar-refractivity contribution in [1.82, 2.24) is 10.2 Å². The fourth-order valence-electron chi connectivity index (χ4n) is 4.85. The van der Waals surface area contributed by atoms with Gasteiger partial charge in [-0.25, -0.2) is 0 Å². The highest BCUT2D eigenvalue weighted by Gasteiger charge is 2.45. The Labute approximate surface area is 283 Å². The molecular weight excluding hydrogens is 661 g/mol. The molecule has 1 amide bonds. The molecule has 1 aromatic heterocycles. The van der Waals surface area contributed by atoms with Gasteiger partial charge in [-0.05, 0) is 52.6 Å². The van der Waals surface area contributed by atoms with E-state index in [-0.39, 0.29) is 10.7 Å². The van der Waals surface area contributed by atoms with Crippen molar-refractivity contribution in [3.05, 3.63) is 153 Å². The highest BCUT2D eigenvalue weighted by molar-refractivity contribution is 8.00. The molecule has 0 aliphatic carbocycles. The van der Waals surface area contributed by atoms with E-state index >= 15 is 0 Å². The van der Waals surface area contributed by atoms with Crippen LogP contribution in [0.1, 0.15) is 28.3 Å². The lowest BCUT2D eigenvalue weighted by Crippen LogP contribution is -2.30. The molecule has 0 saturated heterocycles. The average molecular weight is 687 g/mol. The number of amides is 1. The number of carbonyl (C=O) groups excluding carboxylic acids is 2. The third-order valence-electron chi connectivity index (χ3n) is 7.09. The Kier molecular flexibility index (Phi) is 9.85. The third kappa shape index (κ3) is 7.18. The predicted molar refractivity (Wildman–Crippen MR) is 184 cm³/mol. The first kappa shape index (κ1) is 31.6. The van der Waals surface area contributed by atoms with Crippen LogP contribution in [0.4, 0.5) is 5.13 Å². The van der Waals surface area contributed by atoms with E-state index < -0.39 is 23.5 Å². The van der Waals surface area contributed by atoms with Gasteiger partial charge in [-0.1, -0.05) is 131 Å². The minimum atomic E-state index is -0.975. The first-order chi connectivity index (χ1) is 22.4. The molecule has 230 valence electrons. The van der Waals surface area contributed by atoms with Gasteiger partial charge in [-0.3, -0.25) is 14.5 Å². The van der Waals surface area contributed by atoms with Gasteiger partial charge >= 0.3 is 0 Å². The van der Waals surface area contributed by atoms with Gasteiger partial charge in [0.05, 0.1) is 11.6 Å². The molecule has 4 aromatic carbocycles. The maximum absolute atomic E-state index is 13.7. The summed E-state index contributed by atoms with van der Waals surface area (Å²) in [6, 6.07) is 30.5. The highest BCUT2D eigenvalue weighted by atomic mass is 35.5. The van der Waals surface area contributed by atoms with Crippen molar-refractivity contribution in [3.8, 4) is 5.75 Å². The first-order valence-electron chi connectivity index (χ1n) is 14.1. The molecule has 1 unspecified atom stereocenters. The van der Waals surface area contributed by atoms with E-state index in [1.165, 1.54) is 34.1 Å². The maximum atomic E-state index is 13.7. The number of thioether (sulfide) groups is 1. The number of ketones is 1. The van der Waals surface area contributed by atoms with Crippen LogP contribution in [-0.2, 0) is 21.9 Å². The van der Waals surface area contributed by atoms with Crippen molar-refractivity contribution in [1.29, 1.82) is 0 Å². The Hall–Kier alpha value is -4.41. The molecule has 1 N–H and O–H groups in total. The molecule has 6 rings (SSSR count). The van der Waals surface area contributed by atoms with Crippen molar-refractivity contribution in [3.63, 3.8) is 0 Å². The SMILES string of the molecule is O=C(/C=C/c1ccccc1)C1=C(O)C(=O)N(c2nnc(SCc3ccc(Cl)cc3Cl)s2)C1c1cccc(OCc2ccccc2)c1. The predicted octanol–water partition coefficient (Wildman–Crippen LogP) is 8.90. The molecule has 46 heavy (non-hydrogen) atoms. The number of aliphatic hydroxyl groups is 1. The van der Waals surface area contributed by atoms with Crippen LogP contribution in [0.5, 0.6) is 5.75 Å². The van der Waals surface area contributed by atoms with E-state index in [0.29, 0.717) is 38.1 Å². The summed E-state index contributed by atoms with van der Waals surface area (Å²) < 4.78 is 6.63. The van der Waals surface area contributed by atoms with Crippen molar-refractivity contribution in [2.45, 2.75) is 22.7 Å². The number of aliphatic hydroxyl groups excluding tert-OH is 1. The van der Waals surface area contributed by atoms with Gasteiger partial charge in [0, 0.05) is 15.8 Å². The lowest BCUT2D eigenvalue weighted by atomic mass is 9.95. The lowest BCUT2D eigenvalue weighted by molar-refractivity contribution is -0.117. The Balaban J connectivity index is 1.31. The zero-order valence-corrected chi connectivity index (χ0v) is 27.2. The third-order valence-corrected chi connectivity index (χ3v) is 9.78. The highest BCUT2D eigenvalue weighted by Crippen LogP contribution is 2.44. The summed E-state index contributed by atoms with van der Waals surface area (Å²) >= 11 is 14.9. The zero-order valence-electron chi connectivity index (χ0n) is 24.0.